The Hall–Kier alpha value is -1.84. The fraction of sp³-hybridized carbons (Fsp3) is 0.667. The zero-order chi connectivity index (χ0) is 19.3. The molecule has 0 aromatic heterocycles. The number of benzene rings is 1. The van der Waals surface area contributed by atoms with Gasteiger partial charge in [-0.15, -0.1) is 0 Å². The maximum atomic E-state index is 13.1. The molecule has 5 fully saturated rings. The molecule has 150 valence electrons. The Morgan fingerprint density at radius 1 is 0.964 bits per heavy atom. The van der Waals surface area contributed by atoms with E-state index >= 15 is 0 Å². The van der Waals surface area contributed by atoms with Gasteiger partial charge in [0.05, 0.1) is 5.92 Å². The van der Waals surface area contributed by atoms with Crippen molar-refractivity contribution in [2.75, 3.05) is 13.1 Å². The summed E-state index contributed by atoms with van der Waals surface area (Å²) in [6.45, 7) is 3.35. The van der Waals surface area contributed by atoms with E-state index in [1.807, 2.05) is 36.1 Å². The molecule has 5 aliphatic rings. The van der Waals surface area contributed by atoms with Crippen LogP contribution >= 0.6 is 0 Å². The third-order valence-electron chi connectivity index (χ3n) is 7.91. The van der Waals surface area contributed by atoms with Crippen LogP contribution in [0.15, 0.2) is 24.3 Å². The van der Waals surface area contributed by atoms with Crippen molar-refractivity contribution in [3.8, 4) is 0 Å². The molecule has 2 amide bonds. The first-order valence-corrected chi connectivity index (χ1v) is 11.2. The Kier molecular flexibility index (Phi) is 4.68. The number of rotatable bonds is 3. The highest BCUT2D eigenvalue weighted by atomic mass is 16.2. The Morgan fingerprint density at radius 3 is 2.25 bits per heavy atom. The highest BCUT2D eigenvalue weighted by Crippen LogP contribution is 2.53. The number of amides is 2. The van der Waals surface area contributed by atoms with E-state index in [1.165, 1.54) is 32.1 Å². The Balaban J connectivity index is 1.22. The number of likely N-dealkylation sites (tertiary alicyclic amines) is 1. The van der Waals surface area contributed by atoms with E-state index in [-0.39, 0.29) is 17.7 Å². The summed E-state index contributed by atoms with van der Waals surface area (Å²) < 4.78 is 0. The number of hydrogen-bond acceptors (Lipinski definition) is 2. The minimum Gasteiger partial charge on any atom is -0.353 e. The lowest BCUT2D eigenvalue weighted by Gasteiger charge is -2.54. The molecule has 0 spiro atoms. The minimum atomic E-state index is -0.0552. The van der Waals surface area contributed by atoms with E-state index < -0.39 is 0 Å². The van der Waals surface area contributed by atoms with Gasteiger partial charge in [-0.2, -0.15) is 0 Å². The van der Waals surface area contributed by atoms with Crippen molar-refractivity contribution in [2.45, 2.75) is 57.9 Å². The van der Waals surface area contributed by atoms with Crippen molar-refractivity contribution in [3.63, 3.8) is 0 Å². The predicted octanol–water partition coefficient (Wildman–Crippen LogP) is 3.79. The highest BCUT2D eigenvalue weighted by molar-refractivity contribution is 5.94. The molecule has 1 aromatic rings. The number of nitrogens with zero attached hydrogens (tertiary/aromatic N) is 1. The molecule has 4 heteroatoms. The fourth-order valence-electron chi connectivity index (χ4n) is 6.70. The molecular formula is C24H32N2O2. The molecular weight excluding hydrogens is 348 g/mol. The summed E-state index contributed by atoms with van der Waals surface area (Å²) in [5, 5.41) is 3.46. The lowest BCUT2D eigenvalue weighted by molar-refractivity contribution is -0.130. The van der Waals surface area contributed by atoms with Crippen LogP contribution in [-0.2, 0) is 4.79 Å². The van der Waals surface area contributed by atoms with Crippen LogP contribution in [0.5, 0.6) is 0 Å². The maximum absolute atomic E-state index is 13.1. The molecule has 28 heavy (non-hydrogen) atoms. The van der Waals surface area contributed by atoms with Gasteiger partial charge in [0.2, 0.25) is 5.91 Å². The zero-order valence-corrected chi connectivity index (χ0v) is 16.9. The van der Waals surface area contributed by atoms with Crippen LogP contribution in [0, 0.1) is 36.5 Å². The molecule has 4 nitrogen and oxygen atoms in total. The fourth-order valence-corrected chi connectivity index (χ4v) is 6.70. The van der Waals surface area contributed by atoms with Gasteiger partial charge in [-0.05, 0) is 87.7 Å². The third kappa shape index (κ3) is 3.35. The zero-order valence-electron chi connectivity index (χ0n) is 16.9. The molecule has 4 aliphatic carbocycles. The van der Waals surface area contributed by atoms with Gasteiger partial charge < -0.3 is 10.2 Å². The SMILES string of the molecule is Cc1ccc(C(=O)N2CCCC(C(=O)NC3C4CC5CC(C4)CC3C5)C2)cc1. The van der Waals surface area contributed by atoms with Crippen LogP contribution < -0.4 is 5.32 Å². The van der Waals surface area contributed by atoms with Gasteiger partial charge in [0.25, 0.3) is 5.91 Å². The van der Waals surface area contributed by atoms with E-state index in [4.69, 9.17) is 0 Å². The van der Waals surface area contributed by atoms with Crippen molar-refractivity contribution >= 4 is 11.8 Å². The van der Waals surface area contributed by atoms with Crippen LogP contribution in [0.1, 0.15) is 60.9 Å². The number of aryl methyl sites for hydroxylation is 1. The van der Waals surface area contributed by atoms with Crippen molar-refractivity contribution in [2.24, 2.45) is 29.6 Å². The number of piperidine rings is 1. The number of hydrogen-bond donors (Lipinski definition) is 1. The standard InChI is InChI=1S/C24H32N2O2/c1-15-4-6-18(7-5-15)24(28)26-8-2-3-19(14-26)23(27)25-22-20-10-16-9-17(12-20)13-21(22)11-16/h4-7,16-17,19-22H,2-3,8-14H2,1H3,(H,25,27). The van der Waals surface area contributed by atoms with Gasteiger partial charge >= 0.3 is 0 Å². The monoisotopic (exact) mass is 380 g/mol. The van der Waals surface area contributed by atoms with Crippen LogP contribution in [-0.4, -0.2) is 35.8 Å². The predicted molar refractivity (Wildman–Crippen MR) is 109 cm³/mol. The second-order valence-corrected chi connectivity index (χ2v) is 9.92. The lowest BCUT2D eigenvalue weighted by atomic mass is 9.54. The minimum absolute atomic E-state index is 0.0552. The highest BCUT2D eigenvalue weighted by Gasteiger charge is 2.49. The van der Waals surface area contributed by atoms with Gasteiger partial charge in [-0.3, -0.25) is 9.59 Å². The average molecular weight is 381 g/mol. The smallest absolute Gasteiger partial charge is 0.253 e. The summed E-state index contributed by atoms with van der Waals surface area (Å²) in [5.74, 6) is 3.45. The van der Waals surface area contributed by atoms with Crippen LogP contribution in [0.25, 0.3) is 0 Å². The van der Waals surface area contributed by atoms with E-state index in [9.17, 15) is 9.59 Å². The van der Waals surface area contributed by atoms with Gasteiger partial charge in [0.1, 0.15) is 0 Å². The number of nitrogens with one attached hydrogen (secondary N) is 1. The maximum Gasteiger partial charge on any atom is 0.253 e. The molecule has 1 heterocycles. The summed E-state index contributed by atoms with van der Waals surface area (Å²) in [6, 6.07) is 8.15. The summed E-state index contributed by atoms with van der Waals surface area (Å²) in [6.07, 6.45) is 8.53. The molecule has 4 bridgehead atoms. The molecule has 1 saturated heterocycles. The van der Waals surface area contributed by atoms with E-state index in [0.29, 0.717) is 24.4 Å². The van der Waals surface area contributed by atoms with E-state index in [2.05, 4.69) is 5.32 Å². The molecule has 1 aromatic carbocycles. The second-order valence-electron chi connectivity index (χ2n) is 9.92. The van der Waals surface area contributed by atoms with Crippen molar-refractivity contribution in [3.05, 3.63) is 35.4 Å². The molecule has 1 unspecified atom stereocenters. The number of carbonyl (C=O) groups excluding carboxylic acids is 2. The van der Waals surface area contributed by atoms with Crippen LogP contribution in [0.3, 0.4) is 0 Å². The topological polar surface area (TPSA) is 49.4 Å². The normalized spacial score (nSPS) is 36.4. The van der Waals surface area contributed by atoms with E-state index in [0.717, 1.165) is 42.3 Å². The first kappa shape index (κ1) is 18.2. The quantitative estimate of drug-likeness (QED) is 0.867. The molecule has 4 saturated carbocycles. The number of carbonyl (C=O) groups is 2. The summed E-state index contributed by atoms with van der Waals surface area (Å²) in [4.78, 5) is 27.8. The summed E-state index contributed by atoms with van der Waals surface area (Å²) in [7, 11) is 0. The second kappa shape index (κ2) is 7.20. The largest absolute Gasteiger partial charge is 0.353 e. The van der Waals surface area contributed by atoms with E-state index in [1.54, 1.807) is 0 Å². The third-order valence-corrected chi connectivity index (χ3v) is 7.91. The average Bonchev–Trinajstić information content (AvgIpc) is 2.70. The molecule has 1 N–H and O–H groups in total. The van der Waals surface area contributed by atoms with Crippen LogP contribution in [0.2, 0.25) is 0 Å². The molecule has 1 atom stereocenters. The first-order valence-electron chi connectivity index (χ1n) is 11.2. The molecule has 0 radical (unpaired) electrons. The van der Waals surface area contributed by atoms with Crippen molar-refractivity contribution < 1.29 is 9.59 Å². The molecule has 6 rings (SSSR count). The Labute approximate surface area is 168 Å². The van der Waals surface area contributed by atoms with Gasteiger partial charge in [0, 0.05) is 24.7 Å². The van der Waals surface area contributed by atoms with Gasteiger partial charge in [0.15, 0.2) is 0 Å². The van der Waals surface area contributed by atoms with Gasteiger partial charge in [-0.25, -0.2) is 0 Å². The lowest BCUT2D eigenvalue weighted by Crippen LogP contribution is -2.57. The van der Waals surface area contributed by atoms with Crippen LogP contribution in [0.4, 0.5) is 0 Å². The Morgan fingerprint density at radius 2 is 1.61 bits per heavy atom. The van der Waals surface area contributed by atoms with Crippen molar-refractivity contribution in [1.29, 1.82) is 0 Å². The molecule has 1 aliphatic heterocycles. The summed E-state index contributed by atoms with van der Waals surface area (Å²) >= 11 is 0. The summed E-state index contributed by atoms with van der Waals surface area (Å²) in [5.41, 5.74) is 1.89. The first-order chi connectivity index (χ1) is 13.6. The van der Waals surface area contributed by atoms with Crippen molar-refractivity contribution in [1.82, 2.24) is 10.2 Å². The Bertz CT molecular complexity index is 728. The van der Waals surface area contributed by atoms with Gasteiger partial charge in [-0.1, -0.05) is 17.7 Å².